The molecular formula is C16H24N2O2S. The summed E-state index contributed by atoms with van der Waals surface area (Å²) in [7, 11) is 1.42. The minimum atomic E-state index is -0.138. The number of unbranched alkanes of at least 4 members (excludes halogenated alkanes) is 2. The maximum Gasteiger partial charge on any atom is 0.305 e. The number of esters is 1. The van der Waals surface area contributed by atoms with Crippen molar-refractivity contribution in [3.63, 3.8) is 0 Å². The fourth-order valence-corrected chi connectivity index (χ4v) is 2.11. The molecule has 0 atom stereocenters. The molecule has 0 spiro atoms. The molecule has 1 rings (SSSR count). The Morgan fingerprint density at radius 3 is 2.52 bits per heavy atom. The van der Waals surface area contributed by atoms with Crippen LogP contribution in [0.5, 0.6) is 0 Å². The molecule has 1 aromatic carbocycles. The van der Waals surface area contributed by atoms with Gasteiger partial charge < -0.3 is 15.4 Å². The molecule has 0 unspecified atom stereocenters. The van der Waals surface area contributed by atoms with Crippen LogP contribution in [-0.4, -0.2) is 31.3 Å². The van der Waals surface area contributed by atoms with Gasteiger partial charge in [-0.2, -0.15) is 0 Å². The van der Waals surface area contributed by atoms with E-state index in [0.29, 0.717) is 11.5 Å². The molecule has 2 N–H and O–H groups in total. The minimum absolute atomic E-state index is 0.138. The highest BCUT2D eigenvalue weighted by molar-refractivity contribution is 7.80. The number of benzene rings is 1. The predicted molar refractivity (Wildman–Crippen MR) is 89.2 cm³/mol. The zero-order chi connectivity index (χ0) is 15.3. The van der Waals surface area contributed by atoms with E-state index in [4.69, 9.17) is 12.2 Å². The molecule has 0 heterocycles. The molecule has 1 aromatic rings. The van der Waals surface area contributed by atoms with E-state index in [2.05, 4.69) is 27.5 Å². The molecule has 0 amide bonds. The van der Waals surface area contributed by atoms with Crippen molar-refractivity contribution < 1.29 is 9.53 Å². The SMILES string of the molecule is COC(=O)CCCCCNC(=S)NCCc1ccccc1. The van der Waals surface area contributed by atoms with E-state index in [-0.39, 0.29) is 5.97 Å². The summed E-state index contributed by atoms with van der Waals surface area (Å²) >= 11 is 5.21. The van der Waals surface area contributed by atoms with Gasteiger partial charge in [0.15, 0.2) is 5.11 Å². The van der Waals surface area contributed by atoms with Crippen molar-refractivity contribution in [2.24, 2.45) is 0 Å². The first kappa shape index (κ1) is 17.4. The Balaban J connectivity index is 1.95. The van der Waals surface area contributed by atoms with Gasteiger partial charge in [0.05, 0.1) is 7.11 Å². The molecule has 5 heteroatoms. The van der Waals surface area contributed by atoms with Crippen molar-refractivity contribution in [3.05, 3.63) is 35.9 Å². The van der Waals surface area contributed by atoms with E-state index in [0.717, 1.165) is 38.8 Å². The highest BCUT2D eigenvalue weighted by atomic mass is 32.1. The first-order valence-electron chi connectivity index (χ1n) is 7.35. The number of hydrogen-bond acceptors (Lipinski definition) is 3. The number of nitrogens with one attached hydrogen (secondary N) is 2. The van der Waals surface area contributed by atoms with E-state index in [1.54, 1.807) is 0 Å². The number of thiocarbonyl (C=S) groups is 1. The van der Waals surface area contributed by atoms with Crippen molar-refractivity contribution in [1.82, 2.24) is 10.6 Å². The number of rotatable bonds is 9. The summed E-state index contributed by atoms with van der Waals surface area (Å²) in [6.45, 7) is 1.66. The maximum atomic E-state index is 10.9. The number of methoxy groups -OCH3 is 1. The average molecular weight is 308 g/mol. The third-order valence-corrected chi connectivity index (χ3v) is 3.40. The van der Waals surface area contributed by atoms with Crippen LogP contribution in [0.4, 0.5) is 0 Å². The molecule has 0 aliphatic carbocycles. The van der Waals surface area contributed by atoms with Gasteiger partial charge >= 0.3 is 5.97 Å². The van der Waals surface area contributed by atoms with Crippen LogP contribution in [0.25, 0.3) is 0 Å². The normalized spacial score (nSPS) is 9.95. The van der Waals surface area contributed by atoms with Crippen LogP contribution < -0.4 is 10.6 Å². The second-order valence-electron chi connectivity index (χ2n) is 4.81. The monoisotopic (exact) mass is 308 g/mol. The van der Waals surface area contributed by atoms with E-state index in [1.165, 1.54) is 12.7 Å². The lowest BCUT2D eigenvalue weighted by molar-refractivity contribution is -0.140. The molecule has 0 aliphatic heterocycles. The Hall–Kier alpha value is -1.62. The Kier molecular flexibility index (Phi) is 9.20. The van der Waals surface area contributed by atoms with E-state index < -0.39 is 0 Å². The molecule has 0 aliphatic rings. The number of carbonyl (C=O) groups excluding carboxylic acids is 1. The molecule has 21 heavy (non-hydrogen) atoms. The molecule has 0 aromatic heterocycles. The highest BCUT2D eigenvalue weighted by Gasteiger charge is 1.99. The van der Waals surface area contributed by atoms with Gasteiger partial charge in [0, 0.05) is 19.5 Å². The second kappa shape index (κ2) is 11.1. The summed E-state index contributed by atoms with van der Waals surface area (Å²) in [6, 6.07) is 10.3. The van der Waals surface area contributed by atoms with Gasteiger partial charge in [-0.1, -0.05) is 36.8 Å². The van der Waals surface area contributed by atoms with Crippen molar-refractivity contribution in [2.45, 2.75) is 32.1 Å². The second-order valence-corrected chi connectivity index (χ2v) is 5.21. The van der Waals surface area contributed by atoms with Gasteiger partial charge in [0.25, 0.3) is 0 Å². The van der Waals surface area contributed by atoms with E-state index in [9.17, 15) is 4.79 Å². The summed E-state index contributed by atoms with van der Waals surface area (Å²) in [4.78, 5) is 10.9. The third-order valence-electron chi connectivity index (χ3n) is 3.11. The van der Waals surface area contributed by atoms with Crippen LogP contribution in [-0.2, 0) is 16.0 Å². The lowest BCUT2D eigenvalue weighted by atomic mass is 10.1. The molecule has 0 saturated carbocycles. The molecule has 116 valence electrons. The van der Waals surface area contributed by atoms with Crippen LogP contribution in [0.15, 0.2) is 30.3 Å². The fourth-order valence-electron chi connectivity index (χ4n) is 1.90. The van der Waals surface area contributed by atoms with Crippen molar-refractivity contribution in [2.75, 3.05) is 20.2 Å². The standard InChI is InChI=1S/C16H24N2O2S/c1-20-15(19)10-6-3-7-12-17-16(21)18-13-11-14-8-4-2-5-9-14/h2,4-5,8-9H,3,6-7,10-13H2,1H3,(H2,17,18,21). The topological polar surface area (TPSA) is 50.4 Å². The molecule has 0 saturated heterocycles. The zero-order valence-electron chi connectivity index (χ0n) is 12.6. The summed E-state index contributed by atoms with van der Waals surface area (Å²) in [5.74, 6) is -0.138. The van der Waals surface area contributed by atoms with Crippen molar-refractivity contribution >= 4 is 23.3 Å². The van der Waals surface area contributed by atoms with Crippen LogP contribution in [0.1, 0.15) is 31.2 Å². The Labute approximate surface area is 132 Å². The van der Waals surface area contributed by atoms with Crippen LogP contribution in [0, 0.1) is 0 Å². The summed E-state index contributed by atoms with van der Waals surface area (Å²) in [5, 5.41) is 7.06. The summed E-state index contributed by atoms with van der Waals surface area (Å²) in [6.07, 6.45) is 4.31. The van der Waals surface area contributed by atoms with Crippen LogP contribution in [0.3, 0.4) is 0 Å². The van der Waals surface area contributed by atoms with Crippen molar-refractivity contribution in [1.29, 1.82) is 0 Å². The molecule has 0 bridgehead atoms. The van der Waals surface area contributed by atoms with E-state index in [1.807, 2.05) is 18.2 Å². The first-order chi connectivity index (χ1) is 10.2. The van der Waals surface area contributed by atoms with Gasteiger partial charge in [-0.3, -0.25) is 4.79 Å². The third kappa shape index (κ3) is 9.02. The number of ether oxygens (including phenoxy) is 1. The number of carbonyl (C=O) groups is 1. The van der Waals surface area contributed by atoms with Gasteiger partial charge in [0.1, 0.15) is 0 Å². The average Bonchev–Trinajstić information content (AvgIpc) is 2.51. The molecule has 4 nitrogen and oxygen atoms in total. The van der Waals surface area contributed by atoms with Gasteiger partial charge in [-0.25, -0.2) is 0 Å². The first-order valence-corrected chi connectivity index (χ1v) is 7.75. The quantitative estimate of drug-likeness (QED) is 0.417. The highest BCUT2D eigenvalue weighted by Crippen LogP contribution is 2.00. The van der Waals surface area contributed by atoms with E-state index >= 15 is 0 Å². The minimum Gasteiger partial charge on any atom is -0.469 e. The lowest BCUT2D eigenvalue weighted by Crippen LogP contribution is -2.36. The maximum absolute atomic E-state index is 10.9. The summed E-state index contributed by atoms with van der Waals surface area (Å²) in [5.41, 5.74) is 1.30. The molecule has 0 radical (unpaired) electrons. The predicted octanol–water partition coefficient (Wildman–Crippen LogP) is 2.43. The Morgan fingerprint density at radius 2 is 1.81 bits per heavy atom. The zero-order valence-corrected chi connectivity index (χ0v) is 13.4. The molecule has 0 fully saturated rings. The van der Waals surface area contributed by atoms with Gasteiger partial charge in [-0.05, 0) is 37.0 Å². The van der Waals surface area contributed by atoms with Crippen molar-refractivity contribution in [3.8, 4) is 0 Å². The largest absolute Gasteiger partial charge is 0.469 e. The van der Waals surface area contributed by atoms with Crippen LogP contribution >= 0.6 is 12.2 Å². The van der Waals surface area contributed by atoms with Gasteiger partial charge in [-0.15, -0.1) is 0 Å². The smallest absolute Gasteiger partial charge is 0.305 e. The van der Waals surface area contributed by atoms with Crippen LogP contribution in [0.2, 0.25) is 0 Å². The molecular weight excluding hydrogens is 284 g/mol. The Bertz CT molecular complexity index is 424. The fraction of sp³-hybridized carbons (Fsp3) is 0.500. The Morgan fingerprint density at radius 1 is 1.10 bits per heavy atom. The number of hydrogen-bond donors (Lipinski definition) is 2. The lowest BCUT2D eigenvalue weighted by Gasteiger charge is -2.10. The summed E-state index contributed by atoms with van der Waals surface area (Å²) < 4.78 is 4.59. The van der Waals surface area contributed by atoms with Gasteiger partial charge in [0.2, 0.25) is 0 Å².